The largest absolute Gasteiger partial charge is 0.370 e. The van der Waals surface area contributed by atoms with Crippen LogP contribution in [0.1, 0.15) is 0 Å². The minimum Gasteiger partial charge on any atom is -0.370 e. The molecule has 0 saturated heterocycles. The van der Waals surface area contributed by atoms with Gasteiger partial charge in [-0.05, 0) is 12.1 Å². The molecule has 3 aromatic rings. The van der Waals surface area contributed by atoms with Crippen LogP contribution in [-0.2, 0) is 0 Å². The Morgan fingerprint density at radius 1 is 1.28 bits per heavy atom. The van der Waals surface area contributed by atoms with Gasteiger partial charge in [0.2, 0.25) is 5.78 Å². The quantitative estimate of drug-likeness (QED) is 0.650. The SMILES string of the molecule is CN(C)c1ccc(-c2cn3c(I)ncnc3n2)s1. The van der Waals surface area contributed by atoms with Crippen molar-refractivity contribution in [3.63, 3.8) is 0 Å². The number of imidazole rings is 1. The van der Waals surface area contributed by atoms with E-state index >= 15 is 0 Å². The van der Waals surface area contributed by atoms with Crippen LogP contribution in [0.2, 0.25) is 0 Å². The first-order chi connectivity index (χ1) is 8.65. The van der Waals surface area contributed by atoms with E-state index in [2.05, 4.69) is 54.6 Å². The van der Waals surface area contributed by atoms with Gasteiger partial charge < -0.3 is 4.90 Å². The monoisotopic (exact) mass is 371 g/mol. The van der Waals surface area contributed by atoms with Gasteiger partial charge in [-0.15, -0.1) is 11.3 Å². The third-order valence-electron chi connectivity index (χ3n) is 2.51. The summed E-state index contributed by atoms with van der Waals surface area (Å²) in [6.45, 7) is 0. The first-order valence-corrected chi connectivity index (χ1v) is 7.18. The maximum absolute atomic E-state index is 4.52. The molecular weight excluding hydrogens is 361 g/mol. The van der Waals surface area contributed by atoms with Crippen LogP contribution in [0.25, 0.3) is 16.3 Å². The van der Waals surface area contributed by atoms with Crippen molar-refractivity contribution < 1.29 is 0 Å². The number of rotatable bonds is 2. The van der Waals surface area contributed by atoms with E-state index in [-0.39, 0.29) is 0 Å². The molecule has 3 aromatic heterocycles. The van der Waals surface area contributed by atoms with Crippen molar-refractivity contribution in [3.05, 3.63) is 28.5 Å². The molecule has 3 rings (SSSR count). The second kappa shape index (κ2) is 4.47. The summed E-state index contributed by atoms with van der Waals surface area (Å²) in [5, 5.41) is 1.21. The first kappa shape index (κ1) is 11.8. The lowest BCUT2D eigenvalue weighted by atomic mass is 10.4. The zero-order valence-corrected chi connectivity index (χ0v) is 12.8. The van der Waals surface area contributed by atoms with E-state index < -0.39 is 0 Å². The van der Waals surface area contributed by atoms with Gasteiger partial charge in [0, 0.05) is 42.9 Å². The highest BCUT2D eigenvalue weighted by Crippen LogP contribution is 2.32. The Balaban J connectivity index is 2.10. The van der Waals surface area contributed by atoms with Gasteiger partial charge in [0.05, 0.1) is 9.88 Å². The van der Waals surface area contributed by atoms with Gasteiger partial charge in [0.1, 0.15) is 12.0 Å². The molecule has 0 aliphatic rings. The molecule has 0 amide bonds. The molecule has 5 nitrogen and oxygen atoms in total. The van der Waals surface area contributed by atoms with Crippen molar-refractivity contribution in [1.82, 2.24) is 19.4 Å². The van der Waals surface area contributed by atoms with E-state index in [4.69, 9.17) is 0 Å². The third kappa shape index (κ3) is 1.97. The van der Waals surface area contributed by atoms with E-state index in [1.807, 2.05) is 24.7 Å². The van der Waals surface area contributed by atoms with Gasteiger partial charge >= 0.3 is 0 Å². The summed E-state index contributed by atoms with van der Waals surface area (Å²) in [6, 6.07) is 4.18. The van der Waals surface area contributed by atoms with Crippen molar-refractivity contribution in [2.45, 2.75) is 0 Å². The summed E-state index contributed by atoms with van der Waals surface area (Å²) in [6.07, 6.45) is 3.51. The molecule has 0 radical (unpaired) electrons. The van der Waals surface area contributed by atoms with E-state index in [1.54, 1.807) is 11.3 Å². The van der Waals surface area contributed by atoms with E-state index in [1.165, 1.54) is 11.3 Å². The zero-order chi connectivity index (χ0) is 12.7. The normalized spacial score (nSPS) is 11.1. The van der Waals surface area contributed by atoms with Crippen LogP contribution in [0.3, 0.4) is 0 Å². The third-order valence-corrected chi connectivity index (χ3v) is 4.58. The summed E-state index contributed by atoms with van der Waals surface area (Å²) >= 11 is 3.89. The Bertz CT molecular complexity index is 702. The van der Waals surface area contributed by atoms with Gasteiger partial charge in [-0.3, -0.25) is 4.40 Å². The van der Waals surface area contributed by atoms with Crippen LogP contribution in [0.15, 0.2) is 24.7 Å². The number of fused-ring (bicyclic) bond motifs is 1. The summed E-state index contributed by atoms with van der Waals surface area (Å²) in [5.74, 6) is 0.684. The molecule has 3 heterocycles. The van der Waals surface area contributed by atoms with Crippen molar-refractivity contribution >= 4 is 44.7 Å². The topological polar surface area (TPSA) is 46.3 Å². The molecule has 0 aliphatic heterocycles. The van der Waals surface area contributed by atoms with Gasteiger partial charge in [0.15, 0.2) is 3.83 Å². The molecular formula is C11H10IN5S. The lowest BCUT2D eigenvalue weighted by molar-refractivity contribution is 0.965. The van der Waals surface area contributed by atoms with Gasteiger partial charge in [-0.25, -0.2) is 15.0 Å². The maximum atomic E-state index is 4.52. The van der Waals surface area contributed by atoms with Gasteiger partial charge in [0.25, 0.3) is 0 Å². The number of hydrogen-bond donors (Lipinski definition) is 0. The lowest BCUT2D eigenvalue weighted by Gasteiger charge is -2.06. The minimum absolute atomic E-state index is 0.684. The van der Waals surface area contributed by atoms with Crippen LogP contribution < -0.4 is 4.90 Å². The average Bonchev–Trinajstić information content (AvgIpc) is 2.95. The molecule has 0 saturated carbocycles. The number of hydrogen-bond acceptors (Lipinski definition) is 5. The summed E-state index contributed by atoms with van der Waals surface area (Å²) in [7, 11) is 4.07. The highest BCUT2D eigenvalue weighted by Gasteiger charge is 2.10. The fourth-order valence-electron chi connectivity index (χ4n) is 1.61. The van der Waals surface area contributed by atoms with Crippen LogP contribution in [0.4, 0.5) is 5.00 Å². The van der Waals surface area contributed by atoms with Gasteiger partial charge in [-0.2, -0.15) is 0 Å². The predicted octanol–water partition coefficient (Wildman–Crippen LogP) is 2.52. The number of aromatic nitrogens is 4. The second-order valence-electron chi connectivity index (χ2n) is 3.97. The van der Waals surface area contributed by atoms with Crippen molar-refractivity contribution in [3.8, 4) is 10.6 Å². The minimum atomic E-state index is 0.684. The molecule has 0 N–H and O–H groups in total. The number of nitrogens with zero attached hydrogens (tertiary/aromatic N) is 5. The Morgan fingerprint density at radius 2 is 2.11 bits per heavy atom. The number of thiophene rings is 1. The van der Waals surface area contributed by atoms with Crippen LogP contribution in [0.5, 0.6) is 0 Å². The Kier molecular flexibility index (Phi) is 2.94. The molecule has 0 atom stereocenters. The molecule has 92 valence electrons. The second-order valence-corrected chi connectivity index (χ2v) is 6.00. The van der Waals surface area contributed by atoms with Crippen molar-refractivity contribution in [2.75, 3.05) is 19.0 Å². The fraction of sp³-hybridized carbons (Fsp3) is 0.182. The molecule has 0 fully saturated rings. The molecule has 0 aromatic carbocycles. The predicted molar refractivity (Wildman–Crippen MR) is 81.1 cm³/mol. The van der Waals surface area contributed by atoms with Crippen LogP contribution in [0, 0.1) is 3.83 Å². The Labute approximate surface area is 122 Å². The Morgan fingerprint density at radius 3 is 2.78 bits per heavy atom. The smallest absolute Gasteiger partial charge is 0.237 e. The molecule has 0 spiro atoms. The highest BCUT2D eigenvalue weighted by molar-refractivity contribution is 14.1. The molecule has 18 heavy (non-hydrogen) atoms. The zero-order valence-electron chi connectivity index (χ0n) is 9.83. The summed E-state index contributed by atoms with van der Waals surface area (Å²) < 4.78 is 2.76. The van der Waals surface area contributed by atoms with E-state index in [0.717, 1.165) is 14.4 Å². The first-order valence-electron chi connectivity index (χ1n) is 5.28. The molecule has 0 aliphatic carbocycles. The van der Waals surface area contributed by atoms with Crippen LogP contribution >= 0.6 is 33.9 Å². The number of anilines is 1. The molecule has 0 bridgehead atoms. The standard InChI is InChI=1S/C11H10IN5S/c1-16(2)9-4-3-8(18-9)7-5-17-10(12)13-6-14-11(17)15-7/h3-6H,1-2H3. The fourth-order valence-corrected chi connectivity index (χ4v) is 2.97. The van der Waals surface area contributed by atoms with Gasteiger partial charge in [-0.1, -0.05) is 0 Å². The van der Waals surface area contributed by atoms with Crippen molar-refractivity contribution in [2.24, 2.45) is 0 Å². The van der Waals surface area contributed by atoms with Crippen molar-refractivity contribution in [1.29, 1.82) is 0 Å². The maximum Gasteiger partial charge on any atom is 0.237 e. The highest BCUT2D eigenvalue weighted by atomic mass is 127. The summed E-state index contributed by atoms with van der Waals surface area (Å²) in [4.78, 5) is 16.0. The summed E-state index contributed by atoms with van der Waals surface area (Å²) in [5.41, 5.74) is 0.937. The average molecular weight is 371 g/mol. The Hall–Kier alpha value is -1.22. The number of halogens is 1. The molecule has 0 unspecified atom stereocenters. The van der Waals surface area contributed by atoms with E-state index in [9.17, 15) is 0 Å². The molecule has 7 heteroatoms. The van der Waals surface area contributed by atoms with Crippen LogP contribution in [-0.4, -0.2) is 33.4 Å². The van der Waals surface area contributed by atoms with E-state index in [0.29, 0.717) is 5.78 Å². The lowest BCUT2D eigenvalue weighted by Crippen LogP contribution is -2.05.